The van der Waals surface area contributed by atoms with E-state index in [9.17, 15) is 9.50 Å². The smallest absolute Gasteiger partial charge is 0.319 e. The van der Waals surface area contributed by atoms with E-state index in [-0.39, 0.29) is 44.8 Å². The number of hydrogen-bond acceptors (Lipinski definition) is 8. The molecule has 0 spiro atoms. The summed E-state index contributed by atoms with van der Waals surface area (Å²) in [7, 11) is 0. The first-order chi connectivity index (χ1) is 20.6. The van der Waals surface area contributed by atoms with Gasteiger partial charge in [-0.25, -0.2) is 13.2 Å². The Balaban J connectivity index is 1.37. The number of ether oxygens (including phenoxy) is 1. The summed E-state index contributed by atoms with van der Waals surface area (Å²) in [6.45, 7) is 9.21. The Kier molecular flexibility index (Phi) is 6.85. The number of nitrogens with one attached hydrogen (secondary N) is 1. The molecule has 2 unspecified atom stereocenters. The van der Waals surface area contributed by atoms with E-state index in [2.05, 4.69) is 45.9 Å². The molecule has 2 aromatic carbocycles. The van der Waals surface area contributed by atoms with Crippen molar-refractivity contribution in [1.82, 2.24) is 25.2 Å². The van der Waals surface area contributed by atoms with E-state index in [0.29, 0.717) is 49.0 Å². The van der Waals surface area contributed by atoms with Crippen molar-refractivity contribution < 1.29 is 23.0 Å². The number of phenolic OH excluding ortho intramolecular Hbond substituents is 1. The van der Waals surface area contributed by atoms with Crippen LogP contribution in [0.25, 0.3) is 32.9 Å². The molecule has 226 valence electrons. The van der Waals surface area contributed by atoms with Crippen LogP contribution in [0.1, 0.15) is 46.5 Å². The monoisotopic (exact) mass is 592 g/mol. The lowest BCUT2D eigenvalue weighted by Gasteiger charge is -2.37. The molecule has 2 aromatic heterocycles. The van der Waals surface area contributed by atoms with E-state index in [1.165, 1.54) is 24.4 Å². The number of aromatic hydroxyl groups is 1. The second-order valence-electron chi connectivity index (χ2n) is 12.7. The fourth-order valence-electron chi connectivity index (χ4n) is 7.35. The lowest BCUT2D eigenvalue weighted by atomic mass is 9.99. The summed E-state index contributed by atoms with van der Waals surface area (Å²) in [5.41, 5.74) is -0.561. The Morgan fingerprint density at radius 1 is 1.09 bits per heavy atom. The first kappa shape index (κ1) is 28.1. The van der Waals surface area contributed by atoms with E-state index in [0.717, 1.165) is 38.3 Å². The summed E-state index contributed by atoms with van der Waals surface area (Å²) in [4.78, 5) is 18.3. The number of pyridine rings is 1. The van der Waals surface area contributed by atoms with Crippen LogP contribution in [0.2, 0.25) is 0 Å². The van der Waals surface area contributed by atoms with Crippen LogP contribution in [0, 0.1) is 17.5 Å². The Labute approximate surface area is 247 Å². The largest absolute Gasteiger partial charge is 0.508 e. The van der Waals surface area contributed by atoms with Crippen LogP contribution in [0.15, 0.2) is 30.5 Å². The van der Waals surface area contributed by atoms with Crippen molar-refractivity contribution in [2.45, 2.75) is 70.1 Å². The van der Waals surface area contributed by atoms with Gasteiger partial charge in [-0.1, -0.05) is 6.07 Å². The molecule has 0 saturated carbocycles. The zero-order valence-corrected chi connectivity index (χ0v) is 24.5. The maximum absolute atomic E-state index is 16.6. The summed E-state index contributed by atoms with van der Waals surface area (Å²) in [6, 6.07) is 5.81. The SMILES string of the molecule is CC(C)N1CCC[C@@]1(C)COc1nc(N2CC3CCC(C2)N3)c2cnc(-c3cc(O)cc4ccc(F)c(F)c34)c(F)c2n1. The van der Waals surface area contributed by atoms with Gasteiger partial charge in [-0.2, -0.15) is 9.97 Å². The molecule has 7 rings (SSSR count). The Morgan fingerprint density at radius 2 is 1.86 bits per heavy atom. The number of piperazine rings is 1. The lowest BCUT2D eigenvalue weighted by Crippen LogP contribution is -2.51. The summed E-state index contributed by atoms with van der Waals surface area (Å²) in [5.74, 6) is -2.73. The topological polar surface area (TPSA) is 86.6 Å². The van der Waals surface area contributed by atoms with Gasteiger partial charge < -0.3 is 20.1 Å². The third kappa shape index (κ3) is 4.82. The van der Waals surface area contributed by atoms with E-state index < -0.39 is 17.5 Å². The highest BCUT2D eigenvalue weighted by atomic mass is 19.2. The number of rotatable bonds is 6. The molecule has 5 heterocycles. The normalized spacial score (nSPS) is 24.1. The molecule has 8 nitrogen and oxygen atoms in total. The molecule has 3 aliphatic rings. The number of aromatic nitrogens is 3. The molecule has 3 saturated heterocycles. The van der Waals surface area contributed by atoms with Crippen molar-refractivity contribution in [2.75, 3.05) is 31.1 Å². The predicted octanol–water partition coefficient (Wildman–Crippen LogP) is 5.55. The van der Waals surface area contributed by atoms with E-state index in [1.54, 1.807) is 0 Å². The number of likely N-dealkylation sites (tertiary alicyclic amines) is 1. The molecule has 4 aromatic rings. The van der Waals surface area contributed by atoms with Gasteiger partial charge in [0.2, 0.25) is 0 Å². The van der Waals surface area contributed by atoms with Crippen LogP contribution in [-0.2, 0) is 0 Å². The third-order valence-corrected chi connectivity index (χ3v) is 9.35. The summed E-state index contributed by atoms with van der Waals surface area (Å²) >= 11 is 0. The standard InChI is InChI=1S/C32H35F3N6O2/c1-17(2)41-10-4-9-32(41,3)16-43-31-38-29-23(30(39-31)40-14-19-6-7-20(15-40)37-19)13-36-28(27(29)35)22-12-21(42)11-18-5-8-24(33)26(34)25(18)22/h5,8,11-13,17,19-20,37,42H,4,6-7,9-10,14-16H2,1-3H3/t19?,20?,32-/m0/s1. The highest BCUT2D eigenvalue weighted by Gasteiger charge is 2.39. The van der Waals surface area contributed by atoms with Gasteiger partial charge in [0.25, 0.3) is 0 Å². The molecule has 0 radical (unpaired) electrons. The Bertz CT molecular complexity index is 1720. The highest BCUT2D eigenvalue weighted by Crippen LogP contribution is 2.39. The van der Waals surface area contributed by atoms with E-state index >= 15 is 8.78 Å². The molecule has 3 atom stereocenters. The Morgan fingerprint density at radius 3 is 2.60 bits per heavy atom. The van der Waals surface area contributed by atoms with Gasteiger partial charge in [0.05, 0.1) is 10.9 Å². The number of hydrogen-bond donors (Lipinski definition) is 2. The average molecular weight is 593 g/mol. The quantitative estimate of drug-likeness (QED) is 0.302. The molecule has 0 amide bonds. The van der Waals surface area contributed by atoms with Gasteiger partial charge in [0.15, 0.2) is 17.5 Å². The second kappa shape index (κ2) is 10.5. The fraction of sp³-hybridized carbons (Fsp3) is 0.469. The third-order valence-electron chi connectivity index (χ3n) is 9.35. The minimum absolute atomic E-state index is 0.0264. The predicted molar refractivity (Wildman–Crippen MR) is 159 cm³/mol. The van der Waals surface area contributed by atoms with Crippen molar-refractivity contribution in [3.8, 4) is 23.0 Å². The van der Waals surface area contributed by atoms with Crippen LogP contribution in [0.4, 0.5) is 19.0 Å². The van der Waals surface area contributed by atoms with Crippen molar-refractivity contribution >= 4 is 27.5 Å². The maximum atomic E-state index is 16.6. The number of benzene rings is 2. The zero-order chi connectivity index (χ0) is 30.0. The summed E-state index contributed by atoms with van der Waals surface area (Å²) in [5, 5.41) is 14.4. The average Bonchev–Trinajstić information content (AvgIpc) is 3.54. The van der Waals surface area contributed by atoms with Gasteiger partial charge in [0, 0.05) is 48.4 Å². The van der Waals surface area contributed by atoms with Gasteiger partial charge in [-0.3, -0.25) is 9.88 Å². The molecule has 2 N–H and O–H groups in total. The van der Waals surface area contributed by atoms with Crippen LogP contribution in [-0.4, -0.2) is 74.9 Å². The molecular weight excluding hydrogens is 557 g/mol. The first-order valence-corrected chi connectivity index (χ1v) is 15.0. The summed E-state index contributed by atoms with van der Waals surface area (Å²) in [6.07, 6.45) is 5.61. The van der Waals surface area contributed by atoms with Crippen molar-refractivity contribution in [3.63, 3.8) is 0 Å². The van der Waals surface area contributed by atoms with Gasteiger partial charge >= 0.3 is 6.01 Å². The maximum Gasteiger partial charge on any atom is 0.319 e. The van der Waals surface area contributed by atoms with Crippen LogP contribution < -0.4 is 15.0 Å². The lowest BCUT2D eigenvalue weighted by molar-refractivity contribution is 0.0626. The second-order valence-corrected chi connectivity index (χ2v) is 12.7. The van der Waals surface area contributed by atoms with Gasteiger partial charge in [-0.05, 0) is 76.6 Å². The number of halogens is 3. The molecule has 0 aliphatic carbocycles. The molecule has 3 fully saturated rings. The van der Waals surface area contributed by atoms with Crippen molar-refractivity contribution in [2.24, 2.45) is 0 Å². The highest BCUT2D eigenvalue weighted by molar-refractivity contribution is 6.00. The minimum Gasteiger partial charge on any atom is -0.508 e. The van der Waals surface area contributed by atoms with E-state index in [1.807, 2.05) is 0 Å². The first-order valence-electron chi connectivity index (χ1n) is 15.0. The fourth-order valence-corrected chi connectivity index (χ4v) is 7.35. The zero-order valence-electron chi connectivity index (χ0n) is 24.5. The summed E-state index contributed by atoms with van der Waals surface area (Å²) < 4.78 is 52.2. The number of nitrogens with zero attached hydrogens (tertiary/aromatic N) is 5. The van der Waals surface area contributed by atoms with Crippen LogP contribution in [0.5, 0.6) is 11.8 Å². The molecule has 43 heavy (non-hydrogen) atoms. The minimum atomic E-state index is -1.14. The van der Waals surface area contributed by atoms with Crippen molar-refractivity contribution in [3.05, 3.63) is 47.9 Å². The molecular formula is C32H35F3N6O2. The van der Waals surface area contributed by atoms with Crippen molar-refractivity contribution in [1.29, 1.82) is 0 Å². The molecule has 11 heteroatoms. The van der Waals surface area contributed by atoms with Gasteiger partial charge in [0.1, 0.15) is 29.4 Å². The van der Waals surface area contributed by atoms with Gasteiger partial charge in [-0.15, -0.1) is 0 Å². The molecule has 2 bridgehead atoms. The molecule has 3 aliphatic heterocycles. The number of fused-ring (bicyclic) bond motifs is 4. The van der Waals surface area contributed by atoms with Crippen LogP contribution >= 0.6 is 0 Å². The Hall–Kier alpha value is -3.70. The van der Waals surface area contributed by atoms with E-state index in [4.69, 9.17) is 9.72 Å². The number of anilines is 1. The van der Waals surface area contributed by atoms with Crippen LogP contribution in [0.3, 0.4) is 0 Å². The number of phenols is 1.